The number of benzene rings is 1. The maximum atomic E-state index is 12.7. The van der Waals surface area contributed by atoms with Crippen molar-refractivity contribution in [3.8, 4) is 0 Å². The summed E-state index contributed by atoms with van der Waals surface area (Å²) in [5.74, 6) is 0.100. The number of rotatable bonds is 4. The predicted octanol–water partition coefficient (Wildman–Crippen LogP) is 3.98. The minimum Gasteiger partial charge on any atom is -0.353 e. The number of likely N-dealkylation sites (tertiary alicyclic amines) is 1. The summed E-state index contributed by atoms with van der Waals surface area (Å²) in [5.41, 5.74) is 7.17. The van der Waals surface area contributed by atoms with Crippen molar-refractivity contribution in [1.29, 1.82) is 0 Å². The minimum absolute atomic E-state index is 0.0505. The van der Waals surface area contributed by atoms with Crippen molar-refractivity contribution in [3.63, 3.8) is 0 Å². The normalized spacial score (nSPS) is 28.1. The zero-order chi connectivity index (χ0) is 18.7. The standard InChI is InChI=1S/C20H29Cl2N3O/c1-20(23)9-3-2-4-16(20)19(26)24-15-7-10-25(11-8-15)13-14-5-6-17(21)18(22)12-14/h5-6,12,15-16H,2-4,7-11,13,23H2,1H3,(H,24,26). The highest BCUT2D eigenvalue weighted by molar-refractivity contribution is 6.42. The van der Waals surface area contributed by atoms with Gasteiger partial charge in [-0.15, -0.1) is 0 Å². The van der Waals surface area contributed by atoms with Crippen LogP contribution in [0.5, 0.6) is 0 Å². The molecule has 2 atom stereocenters. The van der Waals surface area contributed by atoms with Crippen LogP contribution in [0.3, 0.4) is 0 Å². The average molecular weight is 398 g/mol. The number of carbonyl (C=O) groups excluding carboxylic acids is 1. The molecule has 0 radical (unpaired) electrons. The van der Waals surface area contributed by atoms with Crippen LogP contribution in [0.4, 0.5) is 0 Å². The van der Waals surface area contributed by atoms with Crippen LogP contribution in [0.25, 0.3) is 0 Å². The number of nitrogens with one attached hydrogen (secondary N) is 1. The Labute approximate surface area is 166 Å². The Kier molecular flexibility index (Phi) is 6.50. The Hall–Kier alpha value is -0.810. The molecule has 1 aliphatic carbocycles. The van der Waals surface area contributed by atoms with Crippen molar-refractivity contribution in [3.05, 3.63) is 33.8 Å². The van der Waals surface area contributed by atoms with Gasteiger partial charge in [-0.2, -0.15) is 0 Å². The summed E-state index contributed by atoms with van der Waals surface area (Å²) in [4.78, 5) is 15.1. The molecule has 0 spiro atoms. The summed E-state index contributed by atoms with van der Waals surface area (Å²) < 4.78 is 0. The van der Waals surface area contributed by atoms with Gasteiger partial charge in [0.05, 0.1) is 16.0 Å². The molecule has 1 aromatic carbocycles. The summed E-state index contributed by atoms with van der Waals surface area (Å²) >= 11 is 12.1. The summed E-state index contributed by atoms with van der Waals surface area (Å²) in [7, 11) is 0. The van der Waals surface area contributed by atoms with Crippen LogP contribution in [0, 0.1) is 5.92 Å². The molecule has 2 fully saturated rings. The Balaban J connectivity index is 1.47. The zero-order valence-corrected chi connectivity index (χ0v) is 17.0. The molecule has 1 amide bonds. The molecule has 1 aromatic rings. The monoisotopic (exact) mass is 397 g/mol. The second kappa shape index (κ2) is 8.47. The molecule has 1 saturated carbocycles. The number of hydrogen-bond acceptors (Lipinski definition) is 3. The Morgan fingerprint density at radius 1 is 1.23 bits per heavy atom. The number of halogens is 2. The number of nitrogens with two attached hydrogens (primary N) is 1. The van der Waals surface area contributed by atoms with E-state index in [0.717, 1.165) is 58.2 Å². The van der Waals surface area contributed by atoms with Gasteiger partial charge in [-0.3, -0.25) is 9.69 Å². The van der Waals surface area contributed by atoms with E-state index in [-0.39, 0.29) is 23.4 Å². The van der Waals surface area contributed by atoms with Crippen molar-refractivity contribution in [2.24, 2.45) is 11.7 Å². The second-order valence-corrected chi connectivity index (χ2v) is 8.93. The molecular formula is C20H29Cl2N3O. The van der Waals surface area contributed by atoms with Crippen LogP contribution in [-0.2, 0) is 11.3 Å². The lowest BCUT2D eigenvalue weighted by atomic mass is 9.74. The van der Waals surface area contributed by atoms with Crippen LogP contribution >= 0.6 is 23.2 Å². The Morgan fingerprint density at radius 3 is 2.62 bits per heavy atom. The van der Waals surface area contributed by atoms with Crippen LogP contribution in [0.1, 0.15) is 51.0 Å². The average Bonchev–Trinajstić information content (AvgIpc) is 2.59. The molecule has 1 saturated heterocycles. The second-order valence-electron chi connectivity index (χ2n) is 8.11. The first-order chi connectivity index (χ1) is 12.3. The number of nitrogens with zero attached hydrogens (tertiary/aromatic N) is 1. The van der Waals surface area contributed by atoms with Gasteiger partial charge in [-0.05, 0) is 50.3 Å². The fourth-order valence-electron chi connectivity index (χ4n) is 4.22. The number of amides is 1. The van der Waals surface area contributed by atoms with E-state index in [9.17, 15) is 4.79 Å². The molecule has 0 aromatic heterocycles. The van der Waals surface area contributed by atoms with E-state index in [1.54, 1.807) is 0 Å². The molecule has 26 heavy (non-hydrogen) atoms. The minimum atomic E-state index is -0.364. The highest BCUT2D eigenvalue weighted by Crippen LogP contribution is 2.32. The Morgan fingerprint density at radius 2 is 1.96 bits per heavy atom. The van der Waals surface area contributed by atoms with Crippen molar-refractivity contribution < 1.29 is 4.79 Å². The highest BCUT2D eigenvalue weighted by atomic mass is 35.5. The fourth-order valence-corrected chi connectivity index (χ4v) is 4.54. The van der Waals surface area contributed by atoms with Gasteiger partial charge in [-0.25, -0.2) is 0 Å². The van der Waals surface area contributed by atoms with Gasteiger partial charge in [-0.1, -0.05) is 42.1 Å². The molecule has 3 N–H and O–H groups in total. The molecular weight excluding hydrogens is 369 g/mol. The van der Waals surface area contributed by atoms with Crippen molar-refractivity contribution >= 4 is 29.1 Å². The van der Waals surface area contributed by atoms with Crippen molar-refractivity contribution in [2.75, 3.05) is 13.1 Å². The lowest BCUT2D eigenvalue weighted by molar-refractivity contribution is -0.129. The van der Waals surface area contributed by atoms with Gasteiger partial charge in [0.1, 0.15) is 0 Å². The van der Waals surface area contributed by atoms with Gasteiger partial charge in [0.25, 0.3) is 0 Å². The van der Waals surface area contributed by atoms with E-state index >= 15 is 0 Å². The first kappa shape index (κ1) is 19.9. The van der Waals surface area contributed by atoms with E-state index < -0.39 is 0 Å². The topological polar surface area (TPSA) is 58.4 Å². The molecule has 4 nitrogen and oxygen atoms in total. The highest BCUT2D eigenvalue weighted by Gasteiger charge is 2.38. The van der Waals surface area contributed by atoms with Gasteiger partial charge in [0.2, 0.25) is 5.91 Å². The van der Waals surface area contributed by atoms with Gasteiger partial charge in [0.15, 0.2) is 0 Å². The molecule has 144 valence electrons. The van der Waals surface area contributed by atoms with E-state index in [1.165, 1.54) is 5.56 Å². The summed E-state index contributed by atoms with van der Waals surface area (Å²) in [5, 5.41) is 4.45. The number of hydrogen-bond donors (Lipinski definition) is 2. The quantitative estimate of drug-likeness (QED) is 0.807. The van der Waals surface area contributed by atoms with Gasteiger partial charge >= 0.3 is 0 Å². The summed E-state index contributed by atoms with van der Waals surface area (Å²) in [6, 6.07) is 6.06. The maximum absolute atomic E-state index is 12.7. The Bertz CT molecular complexity index is 642. The number of carbonyl (C=O) groups is 1. The molecule has 2 aliphatic rings. The zero-order valence-electron chi connectivity index (χ0n) is 15.4. The largest absolute Gasteiger partial charge is 0.353 e. The fraction of sp³-hybridized carbons (Fsp3) is 0.650. The van der Waals surface area contributed by atoms with E-state index in [0.29, 0.717) is 10.0 Å². The molecule has 1 aliphatic heterocycles. The SMILES string of the molecule is CC1(N)CCCCC1C(=O)NC1CCN(Cc2ccc(Cl)c(Cl)c2)CC1. The first-order valence-electron chi connectivity index (χ1n) is 9.61. The van der Waals surface area contributed by atoms with Crippen LogP contribution in [0.15, 0.2) is 18.2 Å². The summed E-state index contributed by atoms with van der Waals surface area (Å²) in [6.45, 7) is 4.82. The third-order valence-corrected chi connectivity index (χ3v) is 6.63. The van der Waals surface area contributed by atoms with Crippen LogP contribution < -0.4 is 11.1 Å². The first-order valence-corrected chi connectivity index (χ1v) is 10.4. The van der Waals surface area contributed by atoms with Gasteiger partial charge < -0.3 is 11.1 Å². The van der Waals surface area contributed by atoms with E-state index in [2.05, 4.69) is 10.2 Å². The summed E-state index contributed by atoms with van der Waals surface area (Å²) in [6.07, 6.45) is 6.03. The van der Waals surface area contributed by atoms with Crippen LogP contribution in [0.2, 0.25) is 10.0 Å². The van der Waals surface area contributed by atoms with E-state index in [4.69, 9.17) is 28.9 Å². The maximum Gasteiger partial charge on any atom is 0.225 e. The third kappa shape index (κ3) is 4.92. The lowest BCUT2D eigenvalue weighted by Gasteiger charge is -2.39. The molecule has 3 rings (SSSR count). The number of piperidine rings is 1. The van der Waals surface area contributed by atoms with Crippen molar-refractivity contribution in [1.82, 2.24) is 10.2 Å². The van der Waals surface area contributed by atoms with E-state index in [1.807, 2.05) is 25.1 Å². The molecule has 6 heteroatoms. The van der Waals surface area contributed by atoms with Crippen molar-refractivity contribution in [2.45, 2.75) is 63.6 Å². The van der Waals surface area contributed by atoms with Gasteiger partial charge in [0, 0.05) is 31.2 Å². The predicted molar refractivity (Wildman–Crippen MR) is 107 cm³/mol. The molecule has 2 unspecified atom stereocenters. The molecule has 0 bridgehead atoms. The van der Waals surface area contributed by atoms with Crippen LogP contribution in [-0.4, -0.2) is 35.5 Å². The third-order valence-electron chi connectivity index (χ3n) is 5.89. The smallest absolute Gasteiger partial charge is 0.225 e. The lowest BCUT2D eigenvalue weighted by Crippen LogP contribution is -2.55. The molecule has 1 heterocycles.